The molecule has 0 fully saturated rings. The number of carbonyl (C=O) groups excluding carboxylic acids is 1. The van der Waals surface area contributed by atoms with E-state index in [2.05, 4.69) is 4.99 Å². The van der Waals surface area contributed by atoms with Crippen molar-refractivity contribution in [3.63, 3.8) is 0 Å². The molecular formula is C24H18ClNO3S. The number of rotatable bonds is 6. The summed E-state index contributed by atoms with van der Waals surface area (Å²) in [5, 5.41) is 1.25. The lowest BCUT2D eigenvalue weighted by Crippen LogP contribution is -2.08. The minimum atomic E-state index is -0.507. The third-order valence-corrected chi connectivity index (χ3v) is 5.96. The van der Waals surface area contributed by atoms with Gasteiger partial charge < -0.3 is 9.47 Å². The predicted molar refractivity (Wildman–Crippen MR) is 123 cm³/mol. The second-order valence-electron chi connectivity index (χ2n) is 6.36. The van der Waals surface area contributed by atoms with Crippen molar-refractivity contribution in [2.45, 2.75) is 6.92 Å². The van der Waals surface area contributed by atoms with Crippen LogP contribution < -0.4 is 9.47 Å². The molecule has 30 heavy (non-hydrogen) atoms. The Morgan fingerprint density at radius 1 is 1.03 bits per heavy atom. The van der Waals surface area contributed by atoms with E-state index in [1.807, 2.05) is 67.6 Å². The molecule has 0 radical (unpaired) electrons. The summed E-state index contributed by atoms with van der Waals surface area (Å²) in [6, 6.07) is 22.6. The van der Waals surface area contributed by atoms with E-state index in [-0.39, 0.29) is 0 Å². The van der Waals surface area contributed by atoms with Crippen molar-refractivity contribution in [2.75, 3.05) is 6.61 Å². The fraction of sp³-hybridized carbons (Fsp3) is 0.0833. The summed E-state index contributed by atoms with van der Waals surface area (Å²) in [5.41, 5.74) is 1.69. The van der Waals surface area contributed by atoms with E-state index in [9.17, 15) is 4.79 Å². The lowest BCUT2D eigenvalue weighted by Gasteiger charge is -2.11. The number of hydrogen-bond acceptors (Lipinski definition) is 5. The molecule has 0 aliphatic heterocycles. The number of hydrogen-bond donors (Lipinski definition) is 0. The maximum atomic E-state index is 12.8. The summed E-state index contributed by atoms with van der Waals surface area (Å²) < 4.78 is 12.3. The highest BCUT2D eigenvalue weighted by Gasteiger charge is 2.20. The lowest BCUT2D eigenvalue weighted by atomic mass is 10.2. The van der Waals surface area contributed by atoms with Crippen molar-refractivity contribution in [1.29, 1.82) is 0 Å². The van der Waals surface area contributed by atoms with Gasteiger partial charge >= 0.3 is 5.97 Å². The molecule has 150 valence electrons. The average molecular weight is 436 g/mol. The molecule has 0 aliphatic rings. The zero-order chi connectivity index (χ0) is 20.9. The number of esters is 1. The van der Waals surface area contributed by atoms with Gasteiger partial charge in [-0.05, 0) is 48.9 Å². The smallest absolute Gasteiger partial charge is 0.355 e. The molecule has 1 aromatic heterocycles. The zero-order valence-corrected chi connectivity index (χ0v) is 17.7. The Bertz CT molecular complexity index is 1220. The molecule has 3 aromatic carbocycles. The molecule has 0 aliphatic carbocycles. The van der Waals surface area contributed by atoms with E-state index < -0.39 is 5.97 Å². The first kappa shape index (κ1) is 20.1. The summed E-state index contributed by atoms with van der Waals surface area (Å²) in [5.74, 6) is 0.306. The zero-order valence-electron chi connectivity index (χ0n) is 16.2. The molecule has 0 saturated heterocycles. The molecule has 1 heterocycles. The van der Waals surface area contributed by atoms with Crippen LogP contribution in [-0.2, 0) is 0 Å². The Morgan fingerprint density at radius 3 is 2.57 bits per heavy atom. The van der Waals surface area contributed by atoms with E-state index in [4.69, 9.17) is 21.1 Å². The lowest BCUT2D eigenvalue weighted by molar-refractivity contribution is 0.0733. The van der Waals surface area contributed by atoms with Gasteiger partial charge in [0.15, 0.2) is 11.5 Å². The van der Waals surface area contributed by atoms with Crippen LogP contribution in [0.1, 0.15) is 22.2 Å². The number of fused-ring (bicyclic) bond motifs is 1. The first-order valence-corrected chi connectivity index (χ1v) is 10.6. The first-order chi connectivity index (χ1) is 14.7. The van der Waals surface area contributed by atoms with Crippen molar-refractivity contribution in [3.05, 3.63) is 88.3 Å². The second kappa shape index (κ2) is 9.11. The highest BCUT2D eigenvalue weighted by molar-refractivity contribution is 7.21. The van der Waals surface area contributed by atoms with Gasteiger partial charge in [-0.1, -0.05) is 48.0 Å². The van der Waals surface area contributed by atoms with Gasteiger partial charge in [-0.25, -0.2) is 4.79 Å². The molecule has 0 spiro atoms. The first-order valence-electron chi connectivity index (χ1n) is 9.41. The van der Waals surface area contributed by atoms with Crippen LogP contribution in [0.5, 0.6) is 11.5 Å². The average Bonchev–Trinajstić information content (AvgIpc) is 3.11. The highest BCUT2D eigenvalue weighted by Crippen LogP contribution is 2.37. The Balaban J connectivity index is 1.59. The van der Waals surface area contributed by atoms with E-state index >= 15 is 0 Å². The summed E-state index contributed by atoms with van der Waals surface area (Å²) in [4.78, 5) is 17.6. The van der Waals surface area contributed by atoms with Crippen LogP contribution in [0.15, 0.2) is 77.8 Å². The van der Waals surface area contributed by atoms with E-state index in [1.54, 1.807) is 18.3 Å². The van der Waals surface area contributed by atoms with Gasteiger partial charge in [-0.15, -0.1) is 11.3 Å². The number of carbonyl (C=O) groups is 1. The van der Waals surface area contributed by atoms with Crippen LogP contribution >= 0.6 is 22.9 Å². The Morgan fingerprint density at radius 2 is 1.80 bits per heavy atom. The van der Waals surface area contributed by atoms with Gasteiger partial charge in [0.25, 0.3) is 0 Å². The second-order valence-corrected chi connectivity index (χ2v) is 7.79. The molecule has 0 unspecified atom stereocenters. The van der Waals surface area contributed by atoms with Crippen LogP contribution in [0.2, 0.25) is 5.02 Å². The maximum Gasteiger partial charge on any atom is 0.355 e. The van der Waals surface area contributed by atoms with Crippen molar-refractivity contribution in [2.24, 2.45) is 4.99 Å². The van der Waals surface area contributed by atoms with Crippen LogP contribution in [0.25, 0.3) is 10.1 Å². The van der Waals surface area contributed by atoms with Gasteiger partial charge in [0.2, 0.25) is 0 Å². The van der Waals surface area contributed by atoms with Crippen molar-refractivity contribution < 1.29 is 14.3 Å². The van der Waals surface area contributed by atoms with Crippen molar-refractivity contribution >= 4 is 50.9 Å². The molecule has 0 bridgehead atoms. The van der Waals surface area contributed by atoms with Crippen LogP contribution in [0.4, 0.5) is 5.69 Å². The standard InChI is InChI=1S/C24H18ClNO3S/c1-2-28-20-14-16(15-26-17-8-4-3-5-9-17)12-13-19(20)29-24(27)23-22(25)18-10-6-7-11-21(18)30-23/h3-15H,2H2,1H3. The predicted octanol–water partition coefficient (Wildman–Crippen LogP) is 6.92. The fourth-order valence-corrected chi connectivity index (χ4v) is 4.30. The Kier molecular flexibility index (Phi) is 6.12. The molecule has 0 N–H and O–H groups in total. The Labute approximate surface area is 183 Å². The van der Waals surface area contributed by atoms with Crippen molar-refractivity contribution in [3.8, 4) is 11.5 Å². The van der Waals surface area contributed by atoms with Gasteiger partial charge in [0, 0.05) is 16.3 Å². The van der Waals surface area contributed by atoms with Gasteiger partial charge in [0.05, 0.1) is 17.3 Å². The van der Waals surface area contributed by atoms with E-state index in [0.29, 0.717) is 28.0 Å². The molecule has 4 aromatic rings. The number of benzene rings is 3. The molecule has 4 rings (SSSR count). The number of halogens is 1. The monoisotopic (exact) mass is 435 g/mol. The topological polar surface area (TPSA) is 47.9 Å². The number of para-hydroxylation sites is 1. The quantitative estimate of drug-likeness (QED) is 0.187. The number of nitrogens with zero attached hydrogens (tertiary/aromatic N) is 1. The molecule has 0 amide bonds. The summed E-state index contributed by atoms with van der Waals surface area (Å²) in [6.07, 6.45) is 1.74. The molecular weight excluding hydrogens is 418 g/mol. The van der Waals surface area contributed by atoms with Crippen LogP contribution in [0.3, 0.4) is 0 Å². The number of aliphatic imine (C=N–C) groups is 1. The Hall–Kier alpha value is -3.15. The maximum absolute atomic E-state index is 12.8. The van der Waals surface area contributed by atoms with E-state index in [1.165, 1.54) is 11.3 Å². The van der Waals surface area contributed by atoms with Gasteiger partial charge in [0.1, 0.15) is 4.88 Å². The normalized spacial score (nSPS) is 11.1. The third-order valence-electron chi connectivity index (χ3n) is 4.31. The molecule has 6 heteroatoms. The fourth-order valence-electron chi connectivity index (χ4n) is 2.91. The minimum absolute atomic E-state index is 0.340. The van der Waals surface area contributed by atoms with Gasteiger partial charge in [-0.3, -0.25) is 4.99 Å². The largest absolute Gasteiger partial charge is 0.490 e. The summed E-state index contributed by atoms with van der Waals surface area (Å²) in [7, 11) is 0. The summed E-state index contributed by atoms with van der Waals surface area (Å²) in [6.45, 7) is 2.31. The van der Waals surface area contributed by atoms with Crippen molar-refractivity contribution in [1.82, 2.24) is 0 Å². The molecule has 0 atom stereocenters. The number of ether oxygens (including phenoxy) is 2. The summed E-state index contributed by atoms with van der Waals surface area (Å²) >= 11 is 7.72. The molecule has 0 saturated carbocycles. The number of thiophene rings is 1. The molecule has 4 nitrogen and oxygen atoms in total. The van der Waals surface area contributed by atoms with Crippen LogP contribution in [0, 0.1) is 0 Å². The van der Waals surface area contributed by atoms with Gasteiger partial charge in [-0.2, -0.15) is 0 Å². The van der Waals surface area contributed by atoms with E-state index in [0.717, 1.165) is 21.3 Å². The third kappa shape index (κ3) is 4.37. The highest BCUT2D eigenvalue weighted by atomic mass is 35.5. The SMILES string of the molecule is CCOc1cc(C=Nc2ccccc2)ccc1OC(=O)c1sc2ccccc2c1Cl. The van der Waals surface area contributed by atoms with Crippen LogP contribution in [-0.4, -0.2) is 18.8 Å². The minimum Gasteiger partial charge on any atom is -0.490 e.